The first-order valence-electron chi connectivity index (χ1n) is 8.64. The molecule has 0 aromatic carbocycles. The number of rotatable bonds is 5. The van der Waals surface area contributed by atoms with E-state index in [2.05, 4.69) is 30.8 Å². The first kappa shape index (κ1) is 16.1. The lowest BCUT2D eigenvalue weighted by Gasteiger charge is -2.26. The van der Waals surface area contributed by atoms with Crippen LogP contribution in [0.4, 0.5) is 5.82 Å². The van der Waals surface area contributed by atoms with Crippen molar-refractivity contribution in [1.82, 2.24) is 19.9 Å². The quantitative estimate of drug-likeness (QED) is 0.821. The van der Waals surface area contributed by atoms with Gasteiger partial charge in [0, 0.05) is 49.5 Å². The molecule has 7 nitrogen and oxygen atoms in total. The molecule has 0 saturated carbocycles. The van der Waals surface area contributed by atoms with E-state index in [-0.39, 0.29) is 0 Å². The monoisotopic (exact) mass is 341 g/mol. The van der Waals surface area contributed by atoms with Crippen molar-refractivity contribution in [3.63, 3.8) is 0 Å². The van der Waals surface area contributed by atoms with E-state index in [1.807, 2.05) is 12.1 Å². The first-order chi connectivity index (χ1) is 12.3. The Hall–Kier alpha value is -2.41. The molecule has 4 heterocycles. The standard InChI is InChI=1S/C18H23N5O2/c1-24-17-10-16(20-12-21-17)23-9-6-14-15(23)5-8-22(14)11-13-4-3-7-19-18(13)25-2/h3-4,7,10,12,14-15H,5-6,8-9,11H2,1-2H3/t14-,15+/m0/s1. The minimum absolute atomic E-state index is 0.488. The van der Waals surface area contributed by atoms with Crippen LogP contribution >= 0.6 is 0 Å². The van der Waals surface area contributed by atoms with E-state index in [1.165, 1.54) is 0 Å². The Labute approximate surface area is 147 Å². The van der Waals surface area contributed by atoms with Crippen LogP contribution in [-0.2, 0) is 6.54 Å². The van der Waals surface area contributed by atoms with Gasteiger partial charge in [-0.15, -0.1) is 0 Å². The average Bonchev–Trinajstić information content (AvgIpc) is 3.25. The summed E-state index contributed by atoms with van der Waals surface area (Å²) in [5.41, 5.74) is 1.15. The van der Waals surface area contributed by atoms with Gasteiger partial charge in [-0.25, -0.2) is 15.0 Å². The molecule has 0 spiro atoms. The molecule has 4 rings (SSSR count). The highest BCUT2D eigenvalue weighted by Gasteiger charge is 2.43. The normalized spacial score (nSPS) is 22.9. The Morgan fingerprint density at radius 1 is 1.08 bits per heavy atom. The summed E-state index contributed by atoms with van der Waals surface area (Å²) >= 11 is 0. The minimum atomic E-state index is 0.488. The van der Waals surface area contributed by atoms with Crippen LogP contribution in [0.15, 0.2) is 30.7 Å². The summed E-state index contributed by atoms with van der Waals surface area (Å²) in [6.07, 6.45) is 5.63. The number of likely N-dealkylation sites (tertiary alicyclic amines) is 1. The smallest absolute Gasteiger partial charge is 0.218 e. The summed E-state index contributed by atoms with van der Waals surface area (Å²) in [6, 6.07) is 7.02. The van der Waals surface area contributed by atoms with Crippen molar-refractivity contribution in [1.29, 1.82) is 0 Å². The predicted molar refractivity (Wildman–Crippen MR) is 93.9 cm³/mol. The predicted octanol–water partition coefficient (Wildman–Crippen LogP) is 1.74. The minimum Gasteiger partial charge on any atom is -0.481 e. The highest BCUT2D eigenvalue weighted by atomic mass is 16.5. The number of anilines is 1. The largest absolute Gasteiger partial charge is 0.481 e. The molecule has 2 aliphatic heterocycles. The van der Waals surface area contributed by atoms with Gasteiger partial charge in [0.25, 0.3) is 0 Å². The third-order valence-corrected chi connectivity index (χ3v) is 5.24. The molecule has 0 amide bonds. The highest BCUT2D eigenvalue weighted by molar-refractivity contribution is 5.44. The van der Waals surface area contributed by atoms with Gasteiger partial charge in [-0.2, -0.15) is 0 Å². The van der Waals surface area contributed by atoms with Crippen LogP contribution in [0.5, 0.6) is 11.8 Å². The van der Waals surface area contributed by atoms with E-state index >= 15 is 0 Å². The molecule has 7 heteroatoms. The van der Waals surface area contributed by atoms with E-state index in [1.54, 1.807) is 26.7 Å². The number of methoxy groups -OCH3 is 2. The molecule has 2 aliphatic rings. The lowest BCUT2D eigenvalue weighted by Crippen LogP contribution is -2.36. The molecule has 2 fully saturated rings. The lowest BCUT2D eigenvalue weighted by atomic mass is 10.1. The first-order valence-corrected chi connectivity index (χ1v) is 8.64. The lowest BCUT2D eigenvalue weighted by molar-refractivity contribution is 0.241. The number of aromatic nitrogens is 3. The zero-order valence-electron chi connectivity index (χ0n) is 14.6. The summed E-state index contributed by atoms with van der Waals surface area (Å²) in [6.45, 7) is 2.96. The van der Waals surface area contributed by atoms with Gasteiger partial charge in [-0.1, -0.05) is 6.07 Å². The van der Waals surface area contributed by atoms with Crippen LogP contribution in [-0.4, -0.2) is 59.2 Å². The van der Waals surface area contributed by atoms with E-state index < -0.39 is 0 Å². The van der Waals surface area contributed by atoms with Crippen molar-refractivity contribution >= 4 is 5.82 Å². The molecule has 0 unspecified atom stereocenters. The zero-order chi connectivity index (χ0) is 17.2. The van der Waals surface area contributed by atoms with Crippen molar-refractivity contribution in [2.45, 2.75) is 31.5 Å². The molecule has 132 valence electrons. The zero-order valence-corrected chi connectivity index (χ0v) is 14.6. The van der Waals surface area contributed by atoms with Crippen molar-refractivity contribution in [3.8, 4) is 11.8 Å². The van der Waals surface area contributed by atoms with Crippen molar-refractivity contribution in [2.75, 3.05) is 32.2 Å². The Morgan fingerprint density at radius 3 is 2.80 bits per heavy atom. The van der Waals surface area contributed by atoms with Crippen LogP contribution < -0.4 is 14.4 Å². The second kappa shape index (κ2) is 6.84. The molecule has 2 saturated heterocycles. The fraction of sp³-hybridized carbons (Fsp3) is 0.500. The molecule has 0 radical (unpaired) electrons. The van der Waals surface area contributed by atoms with Gasteiger partial charge in [0.05, 0.1) is 14.2 Å². The summed E-state index contributed by atoms with van der Waals surface area (Å²) in [5, 5.41) is 0. The SMILES string of the molecule is COc1cc(N2CC[C@H]3[C@H]2CCN3Cc2cccnc2OC)ncn1. The Balaban J connectivity index is 1.50. The number of pyridine rings is 1. The second-order valence-corrected chi connectivity index (χ2v) is 6.47. The molecule has 0 N–H and O–H groups in total. The van der Waals surface area contributed by atoms with Crippen LogP contribution in [0.25, 0.3) is 0 Å². The van der Waals surface area contributed by atoms with Crippen LogP contribution in [0, 0.1) is 0 Å². The van der Waals surface area contributed by atoms with E-state index in [4.69, 9.17) is 9.47 Å². The van der Waals surface area contributed by atoms with Crippen molar-refractivity contribution in [2.24, 2.45) is 0 Å². The van der Waals surface area contributed by atoms with Gasteiger partial charge in [0.2, 0.25) is 11.8 Å². The van der Waals surface area contributed by atoms with E-state index in [0.717, 1.165) is 49.7 Å². The molecular weight excluding hydrogens is 318 g/mol. The fourth-order valence-electron chi connectivity index (χ4n) is 4.10. The van der Waals surface area contributed by atoms with Gasteiger partial charge in [-0.05, 0) is 18.9 Å². The van der Waals surface area contributed by atoms with Gasteiger partial charge < -0.3 is 14.4 Å². The summed E-state index contributed by atoms with van der Waals surface area (Å²) in [4.78, 5) is 17.8. The number of fused-ring (bicyclic) bond motifs is 1. The third-order valence-electron chi connectivity index (χ3n) is 5.24. The van der Waals surface area contributed by atoms with Crippen molar-refractivity contribution in [3.05, 3.63) is 36.3 Å². The molecule has 25 heavy (non-hydrogen) atoms. The van der Waals surface area contributed by atoms with E-state index in [9.17, 15) is 0 Å². The molecule has 2 atom stereocenters. The summed E-state index contributed by atoms with van der Waals surface area (Å²) in [5.74, 6) is 2.30. The summed E-state index contributed by atoms with van der Waals surface area (Å²) in [7, 11) is 3.32. The van der Waals surface area contributed by atoms with Crippen LogP contribution in [0.2, 0.25) is 0 Å². The van der Waals surface area contributed by atoms with Crippen LogP contribution in [0.1, 0.15) is 18.4 Å². The molecular formula is C18H23N5O2. The highest BCUT2D eigenvalue weighted by Crippen LogP contribution is 2.36. The average molecular weight is 341 g/mol. The fourth-order valence-corrected chi connectivity index (χ4v) is 4.10. The van der Waals surface area contributed by atoms with Crippen LogP contribution in [0.3, 0.4) is 0 Å². The second-order valence-electron chi connectivity index (χ2n) is 6.47. The maximum absolute atomic E-state index is 5.40. The number of hydrogen-bond donors (Lipinski definition) is 0. The summed E-state index contributed by atoms with van der Waals surface area (Å²) < 4.78 is 10.6. The number of nitrogens with zero attached hydrogens (tertiary/aromatic N) is 5. The molecule has 0 bridgehead atoms. The van der Waals surface area contributed by atoms with Crippen molar-refractivity contribution < 1.29 is 9.47 Å². The Bertz CT molecular complexity index is 741. The molecule has 2 aromatic rings. The Morgan fingerprint density at radius 2 is 1.96 bits per heavy atom. The molecule has 2 aromatic heterocycles. The number of hydrogen-bond acceptors (Lipinski definition) is 7. The maximum atomic E-state index is 5.40. The van der Waals surface area contributed by atoms with Gasteiger partial charge in [0.1, 0.15) is 12.1 Å². The van der Waals surface area contributed by atoms with E-state index in [0.29, 0.717) is 18.0 Å². The number of ether oxygens (including phenoxy) is 2. The Kier molecular flexibility index (Phi) is 4.40. The van der Waals surface area contributed by atoms with Gasteiger partial charge in [-0.3, -0.25) is 4.90 Å². The molecule has 0 aliphatic carbocycles. The third kappa shape index (κ3) is 3.00. The maximum Gasteiger partial charge on any atom is 0.218 e. The van der Waals surface area contributed by atoms with Gasteiger partial charge >= 0.3 is 0 Å². The van der Waals surface area contributed by atoms with Gasteiger partial charge in [0.15, 0.2) is 0 Å². The topological polar surface area (TPSA) is 63.6 Å².